The summed E-state index contributed by atoms with van der Waals surface area (Å²) in [7, 11) is 0. The summed E-state index contributed by atoms with van der Waals surface area (Å²) in [6, 6.07) is 16.7. The predicted molar refractivity (Wildman–Crippen MR) is 99.1 cm³/mol. The molecule has 0 radical (unpaired) electrons. The highest BCUT2D eigenvalue weighted by atomic mass is 32.1. The fraction of sp³-hybridized carbons (Fsp3) is 0.0588. The number of rotatable bonds is 6. The minimum atomic E-state index is -0.464. The normalized spacial score (nSPS) is 10.9. The molecule has 0 unspecified atom stereocenters. The van der Waals surface area contributed by atoms with Crippen molar-refractivity contribution in [1.82, 2.24) is 5.43 Å². The molecule has 126 valence electrons. The third-order valence-electron chi connectivity index (χ3n) is 3.40. The smallest absolute Gasteiger partial charge is 0.324 e. The van der Waals surface area contributed by atoms with Crippen molar-refractivity contribution < 1.29 is 9.72 Å². The third kappa shape index (κ3) is 4.18. The summed E-state index contributed by atoms with van der Waals surface area (Å²) < 4.78 is 0. The van der Waals surface area contributed by atoms with E-state index in [0.717, 1.165) is 27.8 Å². The van der Waals surface area contributed by atoms with Gasteiger partial charge >= 0.3 is 5.00 Å². The van der Waals surface area contributed by atoms with E-state index in [4.69, 9.17) is 0 Å². The molecule has 0 bridgehead atoms. The molecular formula is C17H14N4O3S. The molecule has 1 heterocycles. The van der Waals surface area contributed by atoms with Gasteiger partial charge in [0.05, 0.1) is 22.6 Å². The molecular weight excluding hydrogens is 340 g/mol. The van der Waals surface area contributed by atoms with E-state index in [1.165, 1.54) is 12.3 Å². The lowest BCUT2D eigenvalue weighted by molar-refractivity contribution is -0.380. The van der Waals surface area contributed by atoms with Crippen LogP contribution in [0.2, 0.25) is 0 Å². The van der Waals surface area contributed by atoms with Crippen LogP contribution in [0.3, 0.4) is 0 Å². The second kappa shape index (κ2) is 7.54. The molecule has 3 aromatic rings. The van der Waals surface area contributed by atoms with E-state index in [1.807, 2.05) is 42.5 Å². The van der Waals surface area contributed by atoms with Gasteiger partial charge in [-0.25, -0.2) is 5.43 Å². The van der Waals surface area contributed by atoms with Crippen molar-refractivity contribution in [3.8, 4) is 0 Å². The molecule has 1 aromatic heterocycles. The molecule has 0 saturated carbocycles. The number of hydrazone groups is 1. The summed E-state index contributed by atoms with van der Waals surface area (Å²) >= 11 is 0.989. The number of hydrogen-bond donors (Lipinski definition) is 2. The molecule has 0 saturated heterocycles. The molecule has 0 aliphatic carbocycles. The minimum absolute atomic E-state index is 0.0328. The van der Waals surface area contributed by atoms with Gasteiger partial charge in [0, 0.05) is 17.1 Å². The van der Waals surface area contributed by atoms with Crippen molar-refractivity contribution in [3.05, 3.63) is 69.6 Å². The zero-order chi connectivity index (χ0) is 17.6. The first-order valence-corrected chi connectivity index (χ1v) is 8.23. The number of amides is 1. The van der Waals surface area contributed by atoms with Crippen molar-refractivity contribution in [3.63, 3.8) is 0 Å². The zero-order valence-electron chi connectivity index (χ0n) is 13.0. The Labute approximate surface area is 147 Å². The van der Waals surface area contributed by atoms with E-state index in [0.29, 0.717) is 4.88 Å². The Hall–Kier alpha value is -3.26. The molecule has 0 aliphatic heterocycles. The van der Waals surface area contributed by atoms with Gasteiger partial charge in [0.25, 0.3) is 5.91 Å². The highest BCUT2D eigenvalue weighted by molar-refractivity contribution is 7.16. The number of nitrogens with zero attached hydrogens (tertiary/aromatic N) is 2. The first-order valence-electron chi connectivity index (χ1n) is 7.41. The van der Waals surface area contributed by atoms with Gasteiger partial charge in [0.15, 0.2) is 0 Å². The minimum Gasteiger partial charge on any atom is -0.376 e. The lowest BCUT2D eigenvalue weighted by Crippen LogP contribution is -2.25. The average molecular weight is 354 g/mol. The van der Waals surface area contributed by atoms with Crippen LogP contribution in [-0.2, 0) is 4.79 Å². The van der Waals surface area contributed by atoms with Crippen molar-refractivity contribution in [2.45, 2.75) is 0 Å². The number of carbonyl (C=O) groups excluding carboxylic acids is 1. The van der Waals surface area contributed by atoms with Gasteiger partial charge < -0.3 is 5.32 Å². The monoisotopic (exact) mass is 354 g/mol. The van der Waals surface area contributed by atoms with Crippen LogP contribution in [0.15, 0.2) is 59.7 Å². The first kappa shape index (κ1) is 16.6. The average Bonchev–Trinajstić information content (AvgIpc) is 3.09. The second-order valence-corrected chi connectivity index (χ2v) is 6.20. The summed E-state index contributed by atoms with van der Waals surface area (Å²) in [6.07, 6.45) is 1.38. The number of hydrogen-bond acceptors (Lipinski definition) is 6. The highest BCUT2D eigenvalue weighted by Gasteiger charge is 2.08. The summed E-state index contributed by atoms with van der Waals surface area (Å²) in [6.45, 7) is 0.0654. The molecule has 0 fully saturated rings. The van der Waals surface area contributed by atoms with Crippen LogP contribution in [-0.4, -0.2) is 23.6 Å². The standard InChI is InChI=1S/C17H14N4O3S/c22-16(20-19-10-13-8-9-17(25-13)21(23)24)11-18-15-7-3-5-12-4-1-2-6-14(12)15/h1-10,18H,11H2,(H,20,22)/b19-10-. The maximum absolute atomic E-state index is 11.9. The van der Waals surface area contributed by atoms with Crippen LogP contribution >= 0.6 is 11.3 Å². The Morgan fingerprint density at radius 2 is 1.96 bits per heavy atom. The van der Waals surface area contributed by atoms with Gasteiger partial charge in [-0.1, -0.05) is 47.7 Å². The Bertz CT molecular complexity index is 946. The van der Waals surface area contributed by atoms with Crippen molar-refractivity contribution >= 4 is 44.9 Å². The van der Waals surface area contributed by atoms with E-state index >= 15 is 0 Å². The molecule has 0 spiro atoms. The molecule has 7 nitrogen and oxygen atoms in total. The van der Waals surface area contributed by atoms with E-state index < -0.39 is 4.92 Å². The SMILES string of the molecule is O=C(CNc1cccc2ccccc12)N/N=C\c1ccc([N+](=O)[O-])s1. The van der Waals surface area contributed by atoms with Crippen molar-refractivity contribution in [1.29, 1.82) is 0 Å². The molecule has 2 N–H and O–H groups in total. The van der Waals surface area contributed by atoms with Crippen LogP contribution in [0, 0.1) is 10.1 Å². The Morgan fingerprint density at radius 3 is 2.76 bits per heavy atom. The lowest BCUT2D eigenvalue weighted by Gasteiger charge is -2.08. The third-order valence-corrected chi connectivity index (χ3v) is 4.37. The fourth-order valence-corrected chi connectivity index (χ4v) is 2.97. The number of nitro groups is 1. The number of carbonyl (C=O) groups is 1. The van der Waals surface area contributed by atoms with Crippen LogP contribution in [0.1, 0.15) is 4.88 Å². The second-order valence-electron chi connectivity index (χ2n) is 5.11. The highest BCUT2D eigenvalue weighted by Crippen LogP contribution is 2.23. The van der Waals surface area contributed by atoms with Crippen LogP contribution in [0.4, 0.5) is 10.7 Å². The molecule has 0 aliphatic rings. The van der Waals surface area contributed by atoms with Gasteiger partial charge in [-0.05, 0) is 17.5 Å². The Kier molecular flexibility index (Phi) is 5.00. The van der Waals surface area contributed by atoms with E-state index in [-0.39, 0.29) is 17.5 Å². The molecule has 1 amide bonds. The van der Waals surface area contributed by atoms with Gasteiger partial charge in [-0.2, -0.15) is 5.10 Å². The molecule has 0 atom stereocenters. The Balaban J connectivity index is 1.55. The van der Waals surface area contributed by atoms with Crippen molar-refractivity contribution in [2.75, 3.05) is 11.9 Å². The topological polar surface area (TPSA) is 96.6 Å². The van der Waals surface area contributed by atoms with Gasteiger partial charge in [0.2, 0.25) is 0 Å². The largest absolute Gasteiger partial charge is 0.376 e. The van der Waals surface area contributed by atoms with Crippen molar-refractivity contribution in [2.24, 2.45) is 5.10 Å². The van der Waals surface area contributed by atoms with Crippen LogP contribution < -0.4 is 10.7 Å². The van der Waals surface area contributed by atoms with E-state index in [2.05, 4.69) is 15.8 Å². The molecule has 2 aromatic carbocycles. The lowest BCUT2D eigenvalue weighted by atomic mass is 10.1. The predicted octanol–water partition coefficient (Wildman–Crippen LogP) is 3.37. The molecule has 25 heavy (non-hydrogen) atoms. The quantitative estimate of drug-likeness (QED) is 0.403. The van der Waals surface area contributed by atoms with Crippen LogP contribution in [0.25, 0.3) is 10.8 Å². The maximum Gasteiger partial charge on any atom is 0.324 e. The number of anilines is 1. The summed E-state index contributed by atoms with van der Waals surface area (Å²) in [4.78, 5) is 22.6. The van der Waals surface area contributed by atoms with E-state index in [9.17, 15) is 14.9 Å². The van der Waals surface area contributed by atoms with Gasteiger partial charge in [0.1, 0.15) is 0 Å². The molecule has 8 heteroatoms. The zero-order valence-corrected chi connectivity index (χ0v) is 13.8. The van der Waals surface area contributed by atoms with Gasteiger partial charge in [-0.15, -0.1) is 0 Å². The fourth-order valence-electron chi connectivity index (χ4n) is 2.27. The van der Waals surface area contributed by atoms with Crippen LogP contribution in [0.5, 0.6) is 0 Å². The van der Waals surface area contributed by atoms with E-state index in [1.54, 1.807) is 6.07 Å². The maximum atomic E-state index is 11.9. The Morgan fingerprint density at radius 1 is 1.16 bits per heavy atom. The number of benzene rings is 2. The number of nitrogens with one attached hydrogen (secondary N) is 2. The summed E-state index contributed by atoms with van der Waals surface area (Å²) in [5.41, 5.74) is 3.26. The molecule has 3 rings (SSSR count). The van der Waals surface area contributed by atoms with Gasteiger partial charge in [-0.3, -0.25) is 14.9 Å². The summed E-state index contributed by atoms with van der Waals surface area (Å²) in [5, 5.41) is 19.7. The number of thiophene rings is 1. The first-order chi connectivity index (χ1) is 12.1. The number of fused-ring (bicyclic) bond motifs is 1. The summed E-state index contributed by atoms with van der Waals surface area (Å²) in [5.74, 6) is -0.310.